The summed E-state index contributed by atoms with van der Waals surface area (Å²) in [6.07, 6.45) is 0. The molecule has 0 fully saturated rings. The molecule has 0 saturated carbocycles. The molecular formula is C14H18BrNO2. The second kappa shape index (κ2) is 8.02. The van der Waals surface area contributed by atoms with E-state index in [-0.39, 0.29) is 0 Å². The fraction of sp³-hybridized carbons (Fsp3) is 0.429. The van der Waals surface area contributed by atoms with Crippen molar-refractivity contribution in [2.75, 3.05) is 20.3 Å². The third-order valence-corrected chi connectivity index (χ3v) is 2.92. The zero-order chi connectivity index (χ0) is 13.4. The van der Waals surface area contributed by atoms with Gasteiger partial charge >= 0.3 is 0 Å². The van der Waals surface area contributed by atoms with Crippen LogP contribution >= 0.6 is 15.9 Å². The summed E-state index contributed by atoms with van der Waals surface area (Å²) in [5.74, 6) is 7.07. The van der Waals surface area contributed by atoms with Crippen LogP contribution in [0.15, 0.2) is 16.6 Å². The molecule has 4 heteroatoms. The molecule has 98 valence electrons. The summed E-state index contributed by atoms with van der Waals surface area (Å²) in [5.41, 5.74) is 1.15. The Bertz CT molecular complexity index is 449. The lowest BCUT2D eigenvalue weighted by Gasteiger charge is -2.13. The molecule has 1 rings (SSSR count). The van der Waals surface area contributed by atoms with Crippen molar-refractivity contribution >= 4 is 15.9 Å². The highest BCUT2D eigenvalue weighted by Crippen LogP contribution is 2.36. The number of methoxy groups -OCH3 is 1. The molecule has 0 spiro atoms. The largest absolute Gasteiger partial charge is 0.493 e. The lowest BCUT2D eigenvalue weighted by Crippen LogP contribution is -2.12. The van der Waals surface area contributed by atoms with E-state index in [9.17, 15) is 0 Å². The predicted molar refractivity (Wildman–Crippen MR) is 77.0 cm³/mol. The fourth-order valence-corrected chi connectivity index (χ4v) is 2.07. The maximum atomic E-state index is 5.59. The van der Waals surface area contributed by atoms with Gasteiger partial charge in [0, 0.05) is 6.54 Å². The Labute approximate surface area is 117 Å². The summed E-state index contributed by atoms with van der Waals surface area (Å²) in [7, 11) is 1.64. The Kier molecular flexibility index (Phi) is 6.63. The summed E-state index contributed by atoms with van der Waals surface area (Å²) >= 11 is 3.50. The van der Waals surface area contributed by atoms with Gasteiger partial charge in [-0.2, -0.15) is 0 Å². The molecule has 0 aromatic heterocycles. The van der Waals surface area contributed by atoms with Gasteiger partial charge in [-0.3, -0.25) is 0 Å². The molecule has 1 aromatic carbocycles. The molecule has 0 aliphatic heterocycles. The first-order valence-electron chi connectivity index (χ1n) is 5.82. The average molecular weight is 312 g/mol. The van der Waals surface area contributed by atoms with Gasteiger partial charge < -0.3 is 14.8 Å². The number of rotatable bonds is 6. The highest BCUT2D eigenvalue weighted by atomic mass is 79.9. The van der Waals surface area contributed by atoms with Gasteiger partial charge in [-0.15, -0.1) is 5.92 Å². The van der Waals surface area contributed by atoms with Gasteiger partial charge in [0.25, 0.3) is 0 Å². The zero-order valence-electron chi connectivity index (χ0n) is 11.0. The van der Waals surface area contributed by atoms with Crippen LogP contribution in [-0.2, 0) is 6.54 Å². The molecule has 18 heavy (non-hydrogen) atoms. The lowest BCUT2D eigenvalue weighted by molar-refractivity contribution is 0.328. The smallest absolute Gasteiger partial charge is 0.176 e. The SMILES string of the molecule is CC#CCOc1c(Br)cc(CNCC)cc1OC. The maximum absolute atomic E-state index is 5.59. The van der Waals surface area contributed by atoms with E-state index in [1.165, 1.54) is 0 Å². The van der Waals surface area contributed by atoms with Crippen LogP contribution in [0.5, 0.6) is 11.5 Å². The minimum atomic E-state index is 0.359. The number of nitrogens with one attached hydrogen (secondary N) is 1. The Morgan fingerprint density at radius 3 is 2.78 bits per heavy atom. The van der Waals surface area contributed by atoms with E-state index in [1.54, 1.807) is 14.0 Å². The van der Waals surface area contributed by atoms with E-state index >= 15 is 0 Å². The molecule has 0 aliphatic carbocycles. The summed E-state index contributed by atoms with van der Waals surface area (Å²) in [5, 5.41) is 3.28. The van der Waals surface area contributed by atoms with Gasteiger partial charge in [-0.1, -0.05) is 12.8 Å². The summed E-state index contributed by atoms with van der Waals surface area (Å²) < 4.78 is 11.8. The molecule has 0 saturated heterocycles. The van der Waals surface area contributed by atoms with Crippen LogP contribution in [0.2, 0.25) is 0 Å². The maximum Gasteiger partial charge on any atom is 0.176 e. The van der Waals surface area contributed by atoms with Gasteiger partial charge in [0.2, 0.25) is 0 Å². The van der Waals surface area contributed by atoms with Crippen molar-refractivity contribution in [3.63, 3.8) is 0 Å². The van der Waals surface area contributed by atoms with E-state index in [4.69, 9.17) is 9.47 Å². The summed E-state index contributed by atoms with van der Waals surface area (Å²) in [6, 6.07) is 4.00. The molecule has 0 bridgehead atoms. The molecule has 0 unspecified atom stereocenters. The van der Waals surface area contributed by atoms with Crippen molar-refractivity contribution in [3.8, 4) is 23.3 Å². The van der Waals surface area contributed by atoms with E-state index in [0.29, 0.717) is 12.4 Å². The van der Waals surface area contributed by atoms with Crippen LogP contribution in [0.4, 0.5) is 0 Å². The first-order chi connectivity index (χ1) is 8.72. The van der Waals surface area contributed by atoms with Crippen LogP contribution in [0, 0.1) is 11.8 Å². The van der Waals surface area contributed by atoms with Gasteiger partial charge in [-0.05, 0) is 47.1 Å². The van der Waals surface area contributed by atoms with E-state index in [1.807, 2.05) is 12.1 Å². The van der Waals surface area contributed by atoms with Crippen LogP contribution in [0.25, 0.3) is 0 Å². The minimum absolute atomic E-state index is 0.359. The molecule has 3 nitrogen and oxygen atoms in total. The second-order valence-corrected chi connectivity index (χ2v) is 4.46. The number of benzene rings is 1. The van der Waals surface area contributed by atoms with Crippen molar-refractivity contribution in [1.82, 2.24) is 5.32 Å². The Morgan fingerprint density at radius 2 is 2.17 bits per heavy atom. The molecule has 0 amide bonds. The molecule has 0 aliphatic rings. The van der Waals surface area contributed by atoms with Crippen molar-refractivity contribution in [2.24, 2.45) is 0 Å². The van der Waals surface area contributed by atoms with E-state index in [0.717, 1.165) is 28.9 Å². The summed E-state index contributed by atoms with van der Waals surface area (Å²) in [6.45, 7) is 5.96. The van der Waals surface area contributed by atoms with Crippen LogP contribution in [0.1, 0.15) is 19.4 Å². The van der Waals surface area contributed by atoms with Crippen molar-refractivity contribution in [1.29, 1.82) is 0 Å². The fourth-order valence-electron chi connectivity index (χ4n) is 1.47. The molecule has 1 aromatic rings. The van der Waals surface area contributed by atoms with E-state index in [2.05, 4.69) is 40.0 Å². The van der Waals surface area contributed by atoms with Crippen LogP contribution < -0.4 is 14.8 Å². The van der Waals surface area contributed by atoms with Gasteiger partial charge in [-0.25, -0.2) is 0 Å². The monoisotopic (exact) mass is 311 g/mol. The van der Waals surface area contributed by atoms with Gasteiger partial charge in [0.05, 0.1) is 11.6 Å². The standard InChI is InChI=1S/C14H18BrNO2/c1-4-6-7-18-14-12(15)8-11(10-16-5-2)9-13(14)17-3/h8-9,16H,5,7,10H2,1-3H3. The first kappa shape index (κ1) is 14.9. The first-order valence-corrected chi connectivity index (χ1v) is 6.61. The molecule has 1 N–H and O–H groups in total. The van der Waals surface area contributed by atoms with E-state index < -0.39 is 0 Å². The van der Waals surface area contributed by atoms with Crippen LogP contribution in [0.3, 0.4) is 0 Å². The molecule has 0 heterocycles. The summed E-state index contributed by atoms with van der Waals surface area (Å²) in [4.78, 5) is 0. The van der Waals surface area contributed by atoms with Crippen molar-refractivity contribution < 1.29 is 9.47 Å². The molecular weight excluding hydrogens is 294 g/mol. The Balaban J connectivity index is 2.91. The average Bonchev–Trinajstić information content (AvgIpc) is 2.38. The third kappa shape index (κ3) is 4.25. The quantitative estimate of drug-likeness (QED) is 0.819. The Morgan fingerprint density at radius 1 is 1.39 bits per heavy atom. The lowest BCUT2D eigenvalue weighted by atomic mass is 10.2. The third-order valence-electron chi connectivity index (χ3n) is 2.33. The molecule has 0 radical (unpaired) electrons. The second-order valence-electron chi connectivity index (χ2n) is 3.60. The number of hydrogen-bond acceptors (Lipinski definition) is 3. The van der Waals surface area contributed by atoms with Gasteiger partial charge in [0.1, 0.15) is 6.61 Å². The normalized spacial score (nSPS) is 9.56. The zero-order valence-corrected chi connectivity index (χ0v) is 12.6. The number of ether oxygens (including phenoxy) is 2. The Hall–Kier alpha value is -1.18. The molecule has 0 atom stereocenters. The van der Waals surface area contributed by atoms with Gasteiger partial charge in [0.15, 0.2) is 11.5 Å². The minimum Gasteiger partial charge on any atom is -0.493 e. The topological polar surface area (TPSA) is 30.5 Å². The highest BCUT2D eigenvalue weighted by Gasteiger charge is 2.11. The van der Waals surface area contributed by atoms with Crippen molar-refractivity contribution in [3.05, 3.63) is 22.2 Å². The van der Waals surface area contributed by atoms with Crippen molar-refractivity contribution in [2.45, 2.75) is 20.4 Å². The predicted octanol–water partition coefficient (Wildman–Crippen LogP) is 2.97. The number of hydrogen-bond donors (Lipinski definition) is 1. The number of halogens is 1. The highest BCUT2D eigenvalue weighted by molar-refractivity contribution is 9.10. The van der Waals surface area contributed by atoms with Crippen LogP contribution in [-0.4, -0.2) is 20.3 Å².